The van der Waals surface area contributed by atoms with Crippen LogP contribution in [-0.4, -0.2) is 62.2 Å². The average molecular weight is 568 g/mol. The number of benzene rings is 1. The van der Waals surface area contributed by atoms with E-state index in [4.69, 9.17) is 9.98 Å². The molecule has 0 bridgehead atoms. The summed E-state index contributed by atoms with van der Waals surface area (Å²) in [5, 5.41) is 9.94. The number of carbonyl (C=O) groups excluding carboxylic acids is 1. The van der Waals surface area contributed by atoms with Gasteiger partial charge >= 0.3 is 0 Å². The topological polar surface area (TPSA) is 94.5 Å². The number of H-pyrrole nitrogens is 1. The summed E-state index contributed by atoms with van der Waals surface area (Å²) in [7, 11) is 0. The fourth-order valence-electron chi connectivity index (χ4n) is 6.94. The second kappa shape index (κ2) is 11.8. The highest BCUT2D eigenvalue weighted by Crippen LogP contribution is 2.39. The van der Waals surface area contributed by atoms with Gasteiger partial charge in [0.1, 0.15) is 0 Å². The van der Waals surface area contributed by atoms with Gasteiger partial charge < -0.3 is 15.0 Å². The molecule has 1 saturated heterocycles. The zero-order valence-electron chi connectivity index (χ0n) is 25.6. The van der Waals surface area contributed by atoms with Crippen LogP contribution in [0.2, 0.25) is 0 Å². The van der Waals surface area contributed by atoms with E-state index in [2.05, 4.69) is 66.0 Å². The van der Waals surface area contributed by atoms with Crippen molar-refractivity contribution < 1.29 is 9.90 Å². The number of aliphatic hydroxyl groups is 1. The molecule has 0 unspecified atom stereocenters. The van der Waals surface area contributed by atoms with Gasteiger partial charge in [-0.2, -0.15) is 0 Å². The Morgan fingerprint density at radius 1 is 1.12 bits per heavy atom. The molecule has 7 heteroatoms. The van der Waals surface area contributed by atoms with Crippen LogP contribution in [0.25, 0.3) is 11.3 Å². The highest BCUT2D eigenvalue weighted by Gasteiger charge is 2.32. The van der Waals surface area contributed by atoms with Crippen molar-refractivity contribution in [1.82, 2.24) is 19.9 Å². The summed E-state index contributed by atoms with van der Waals surface area (Å²) in [5.41, 5.74) is 9.57. The lowest BCUT2D eigenvalue weighted by molar-refractivity contribution is -0.113. The number of aromatic amines is 1. The minimum Gasteiger partial charge on any atom is -0.393 e. The van der Waals surface area contributed by atoms with Crippen LogP contribution in [0.3, 0.4) is 0 Å². The van der Waals surface area contributed by atoms with Crippen LogP contribution in [-0.2, 0) is 24.1 Å². The van der Waals surface area contributed by atoms with Crippen LogP contribution in [0.1, 0.15) is 87.0 Å². The van der Waals surface area contributed by atoms with Crippen LogP contribution in [0, 0.1) is 18.3 Å². The molecule has 6 rings (SSSR count). The molecule has 0 saturated carbocycles. The van der Waals surface area contributed by atoms with Crippen molar-refractivity contribution in [3.63, 3.8) is 0 Å². The van der Waals surface area contributed by atoms with Crippen molar-refractivity contribution in [3.05, 3.63) is 64.9 Å². The van der Waals surface area contributed by atoms with Crippen molar-refractivity contribution in [3.8, 4) is 11.3 Å². The van der Waals surface area contributed by atoms with Crippen LogP contribution in [0.5, 0.6) is 0 Å². The predicted molar refractivity (Wildman–Crippen MR) is 167 cm³/mol. The molecular weight excluding hydrogens is 522 g/mol. The van der Waals surface area contributed by atoms with E-state index in [1.807, 2.05) is 6.92 Å². The zero-order valence-corrected chi connectivity index (χ0v) is 25.6. The maximum Gasteiger partial charge on any atom is 0.178 e. The van der Waals surface area contributed by atoms with Crippen molar-refractivity contribution in [2.75, 3.05) is 19.6 Å². The monoisotopic (exact) mass is 567 g/mol. The summed E-state index contributed by atoms with van der Waals surface area (Å²) >= 11 is 0. The summed E-state index contributed by atoms with van der Waals surface area (Å²) in [6.07, 6.45) is 8.29. The molecule has 7 nitrogen and oxygen atoms in total. The lowest BCUT2D eigenvalue weighted by atomic mass is 9.71. The number of aliphatic hydroxyl groups excluding tert-OH is 1. The quantitative estimate of drug-likeness (QED) is 0.341. The molecule has 1 fully saturated rings. The van der Waals surface area contributed by atoms with Gasteiger partial charge in [0.15, 0.2) is 5.78 Å². The third-order valence-corrected chi connectivity index (χ3v) is 9.85. The van der Waals surface area contributed by atoms with E-state index in [1.54, 1.807) is 6.33 Å². The first-order chi connectivity index (χ1) is 20.1. The number of nitrogens with one attached hydrogen (secondary N) is 1. The number of aromatic nitrogens is 3. The number of Topliss-reactive ketones (excluding diaryl/α,β-unsaturated/α-hetero) is 1. The van der Waals surface area contributed by atoms with Crippen LogP contribution >= 0.6 is 0 Å². The Hall–Kier alpha value is -3.16. The Kier molecular flexibility index (Phi) is 8.16. The number of aliphatic imine (C=N–C) groups is 1. The molecule has 3 aromatic rings. The van der Waals surface area contributed by atoms with E-state index < -0.39 is 0 Å². The summed E-state index contributed by atoms with van der Waals surface area (Å²) in [6, 6.07) is 10.8. The minimum absolute atomic E-state index is 0.0961. The summed E-state index contributed by atoms with van der Waals surface area (Å²) in [4.78, 5) is 33.7. The number of nitrogens with zero attached hydrogens (tertiary/aromatic N) is 4. The van der Waals surface area contributed by atoms with Gasteiger partial charge in [-0.3, -0.25) is 9.78 Å². The predicted octanol–water partition coefficient (Wildman–Crippen LogP) is 6.15. The maximum atomic E-state index is 13.8. The van der Waals surface area contributed by atoms with Crippen LogP contribution in [0.4, 0.5) is 5.69 Å². The fourth-order valence-corrected chi connectivity index (χ4v) is 6.94. The number of piperidine rings is 1. The van der Waals surface area contributed by atoms with Gasteiger partial charge in [-0.1, -0.05) is 45.0 Å². The number of carbonyl (C=O) groups is 1. The normalized spacial score (nSPS) is 20.2. The molecule has 3 aliphatic rings. The van der Waals surface area contributed by atoms with E-state index in [-0.39, 0.29) is 23.2 Å². The van der Waals surface area contributed by atoms with Crippen LogP contribution in [0.15, 0.2) is 41.7 Å². The van der Waals surface area contributed by atoms with Crippen molar-refractivity contribution in [2.24, 2.45) is 16.3 Å². The highest BCUT2D eigenvalue weighted by molar-refractivity contribution is 6.41. The number of ketones is 1. The Morgan fingerprint density at radius 2 is 1.88 bits per heavy atom. The van der Waals surface area contributed by atoms with Gasteiger partial charge in [0.25, 0.3) is 0 Å². The van der Waals surface area contributed by atoms with Crippen LogP contribution < -0.4 is 0 Å². The molecule has 1 aliphatic carbocycles. The minimum atomic E-state index is -0.183. The molecule has 0 radical (unpaired) electrons. The SMILES string of the molecule is Cc1[nH]cnc1-c1ccc([C@@H](CCN2CCC(O)CC2)CC(=O)C2=Nc3cc4c(nc3C2)CC[C@H](C(C)(C)C)C4)cc1. The Morgan fingerprint density at radius 3 is 2.57 bits per heavy atom. The van der Waals surface area contributed by atoms with Gasteiger partial charge in [-0.15, -0.1) is 0 Å². The summed E-state index contributed by atoms with van der Waals surface area (Å²) < 4.78 is 0. The fraction of sp³-hybridized carbons (Fsp3) is 0.543. The molecule has 222 valence electrons. The Balaban J connectivity index is 1.18. The standard InChI is InChI=1S/C35H45N5O2/c1-22-34(37-21-36-22)24-7-5-23(6-8-24)25(11-14-40-15-12-28(41)13-16-40)19-33(42)32-20-31-30(39-32)18-26-17-27(35(2,3)4)9-10-29(26)38-31/h5-8,18,21,25,27-28,41H,9-17,19-20H2,1-4H3,(H,36,37)/t25-,27-/m0/s1. The van der Waals surface area contributed by atoms with E-state index in [0.717, 1.165) is 80.1 Å². The summed E-state index contributed by atoms with van der Waals surface area (Å²) in [6.45, 7) is 11.8. The molecular formula is C35H45N5O2. The van der Waals surface area contributed by atoms with E-state index in [0.29, 0.717) is 24.5 Å². The Bertz CT molecular complexity index is 1460. The van der Waals surface area contributed by atoms with Gasteiger partial charge in [-0.05, 0) is 86.4 Å². The molecule has 42 heavy (non-hydrogen) atoms. The number of pyridine rings is 1. The first-order valence-electron chi connectivity index (χ1n) is 15.8. The molecule has 4 heterocycles. The molecule has 1 aromatic carbocycles. The zero-order chi connectivity index (χ0) is 29.4. The van der Waals surface area contributed by atoms with Gasteiger partial charge in [0.2, 0.25) is 0 Å². The maximum absolute atomic E-state index is 13.8. The van der Waals surface area contributed by atoms with Gasteiger partial charge in [0.05, 0.1) is 35.2 Å². The highest BCUT2D eigenvalue weighted by atomic mass is 16.3. The van der Waals surface area contributed by atoms with Crippen molar-refractivity contribution in [2.45, 2.75) is 91.1 Å². The van der Waals surface area contributed by atoms with Crippen molar-refractivity contribution in [1.29, 1.82) is 0 Å². The van der Waals surface area contributed by atoms with Crippen molar-refractivity contribution >= 4 is 17.2 Å². The molecule has 0 spiro atoms. The third kappa shape index (κ3) is 6.28. The van der Waals surface area contributed by atoms with Gasteiger partial charge in [-0.25, -0.2) is 9.98 Å². The number of hydrogen-bond acceptors (Lipinski definition) is 6. The lowest BCUT2D eigenvalue weighted by Gasteiger charge is -2.34. The van der Waals surface area contributed by atoms with Gasteiger partial charge in [0, 0.05) is 42.9 Å². The number of imidazole rings is 1. The first-order valence-corrected chi connectivity index (χ1v) is 15.8. The molecule has 2 aromatic heterocycles. The number of hydrogen-bond donors (Lipinski definition) is 2. The number of rotatable bonds is 8. The average Bonchev–Trinajstić information content (AvgIpc) is 3.59. The number of aryl methyl sites for hydroxylation is 2. The largest absolute Gasteiger partial charge is 0.393 e. The second-order valence-electron chi connectivity index (χ2n) is 13.8. The van der Waals surface area contributed by atoms with E-state index >= 15 is 0 Å². The summed E-state index contributed by atoms with van der Waals surface area (Å²) in [5.74, 6) is 0.868. The smallest absolute Gasteiger partial charge is 0.178 e. The number of fused-ring (bicyclic) bond motifs is 2. The van der Waals surface area contributed by atoms with E-state index in [1.165, 1.54) is 23.2 Å². The van der Waals surface area contributed by atoms with E-state index in [9.17, 15) is 9.90 Å². The second-order valence-corrected chi connectivity index (χ2v) is 13.8. The lowest BCUT2D eigenvalue weighted by Crippen LogP contribution is -2.37. The first kappa shape index (κ1) is 28.9. The molecule has 2 aliphatic heterocycles. The molecule has 2 atom stereocenters. The Labute approximate surface area is 249 Å². The molecule has 2 N–H and O–H groups in total. The molecule has 0 amide bonds. The third-order valence-electron chi connectivity index (χ3n) is 9.85. The number of likely N-dealkylation sites (tertiary alicyclic amines) is 1.